The molecular weight excluding hydrogens is 134 g/mol. The second-order valence-corrected chi connectivity index (χ2v) is 1.83. The predicted octanol–water partition coefficient (Wildman–Crippen LogP) is -0.362. The number of esters is 1. The molecule has 0 rings (SSSR count). The minimum absolute atomic E-state index is 0.0251. The van der Waals surface area contributed by atoms with Gasteiger partial charge >= 0.3 is 5.97 Å². The Bertz CT molecular complexity index is 124. The summed E-state index contributed by atoms with van der Waals surface area (Å²) in [7, 11) is 1.52. The summed E-state index contributed by atoms with van der Waals surface area (Å²) in [6, 6.07) is 0. The molecule has 58 valence electrons. The predicted molar refractivity (Wildman–Crippen MR) is 35.3 cm³/mol. The molecule has 4 nitrogen and oxygen atoms in total. The first-order valence-corrected chi connectivity index (χ1v) is 3.01. The number of hydrogen-bond donors (Lipinski definition) is 0. The van der Waals surface area contributed by atoms with Crippen LogP contribution >= 0.6 is 0 Å². The standard InChI is InChI=1S/C6H11NO3/c1-3-10-6(9)4-7(2)5-8/h5H,3-4H2,1-2H3. The zero-order valence-electron chi connectivity index (χ0n) is 6.16. The number of rotatable bonds is 4. The van der Waals surface area contributed by atoms with Crippen LogP contribution in [0, 0.1) is 0 Å². The fraction of sp³-hybridized carbons (Fsp3) is 0.667. The average molecular weight is 145 g/mol. The molecule has 0 spiro atoms. The maximum Gasteiger partial charge on any atom is 0.325 e. The Balaban J connectivity index is 3.46. The Morgan fingerprint density at radius 2 is 2.30 bits per heavy atom. The Morgan fingerprint density at radius 3 is 2.70 bits per heavy atom. The van der Waals surface area contributed by atoms with Gasteiger partial charge in [0.25, 0.3) is 0 Å². The van der Waals surface area contributed by atoms with Gasteiger partial charge in [0, 0.05) is 7.05 Å². The van der Waals surface area contributed by atoms with Gasteiger partial charge in [0.15, 0.2) is 0 Å². The summed E-state index contributed by atoms with van der Waals surface area (Å²) in [4.78, 5) is 21.8. The average Bonchev–Trinajstić information content (AvgIpc) is 1.88. The highest BCUT2D eigenvalue weighted by Crippen LogP contribution is 1.80. The Morgan fingerprint density at radius 1 is 1.70 bits per heavy atom. The van der Waals surface area contributed by atoms with Gasteiger partial charge < -0.3 is 9.64 Å². The van der Waals surface area contributed by atoms with Gasteiger partial charge in [0.05, 0.1) is 6.61 Å². The number of likely N-dealkylation sites (N-methyl/N-ethyl adjacent to an activating group) is 1. The second kappa shape index (κ2) is 4.78. The van der Waals surface area contributed by atoms with E-state index in [1.54, 1.807) is 6.92 Å². The molecule has 0 unspecified atom stereocenters. The number of carbonyl (C=O) groups is 2. The number of hydrogen-bond acceptors (Lipinski definition) is 3. The van der Waals surface area contributed by atoms with Gasteiger partial charge in [0.2, 0.25) is 6.41 Å². The lowest BCUT2D eigenvalue weighted by Gasteiger charge is -2.07. The molecule has 0 N–H and O–H groups in total. The Labute approximate surface area is 59.8 Å². The number of ether oxygens (including phenoxy) is 1. The Kier molecular flexibility index (Phi) is 4.28. The SMILES string of the molecule is CCOC(=O)CN(C)C=O. The zero-order valence-corrected chi connectivity index (χ0v) is 6.16. The molecule has 0 saturated carbocycles. The maximum atomic E-state index is 10.6. The van der Waals surface area contributed by atoms with Gasteiger partial charge in [-0.2, -0.15) is 0 Å². The van der Waals surface area contributed by atoms with Crippen molar-refractivity contribution in [1.82, 2.24) is 4.90 Å². The first-order valence-electron chi connectivity index (χ1n) is 3.01. The van der Waals surface area contributed by atoms with Crippen molar-refractivity contribution in [3.8, 4) is 0 Å². The fourth-order valence-electron chi connectivity index (χ4n) is 0.448. The molecule has 0 fully saturated rings. The van der Waals surface area contributed by atoms with E-state index in [9.17, 15) is 9.59 Å². The minimum Gasteiger partial charge on any atom is -0.465 e. The summed E-state index contributed by atoms with van der Waals surface area (Å²) in [5, 5.41) is 0. The molecule has 0 aromatic rings. The molecule has 0 radical (unpaired) electrons. The molecule has 0 aromatic carbocycles. The monoisotopic (exact) mass is 145 g/mol. The molecule has 0 saturated heterocycles. The van der Waals surface area contributed by atoms with Crippen LogP contribution in [0.25, 0.3) is 0 Å². The third kappa shape index (κ3) is 3.88. The molecule has 1 amide bonds. The van der Waals surface area contributed by atoms with Crippen LogP contribution in [0.1, 0.15) is 6.92 Å². The molecule has 0 bridgehead atoms. The van der Waals surface area contributed by atoms with Gasteiger partial charge in [-0.25, -0.2) is 0 Å². The largest absolute Gasteiger partial charge is 0.465 e. The third-order valence-electron chi connectivity index (χ3n) is 0.864. The van der Waals surface area contributed by atoms with Crippen LogP contribution in [0.4, 0.5) is 0 Å². The fourth-order valence-corrected chi connectivity index (χ4v) is 0.448. The van der Waals surface area contributed by atoms with E-state index in [1.807, 2.05) is 0 Å². The lowest BCUT2D eigenvalue weighted by molar-refractivity contribution is -0.145. The second-order valence-electron chi connectivity index (χ2n) is 1.83. The highest BCUT2D eigenvalue weighted by atomic mass is 16.5. The summed E-state index contributed by atoms with van der Waals surface area (Å²) < 4.78 is 4.57. The van der Waals surface area contributed by atoms with Gasteiger partial charge in [-0.3, -0.25) is 9.59 Å². The first kappa shape index (κ1) is 8.94. The van der Waals surface area contributed by atoms with Crippen LogP contribution in [0.2, 0.25) is 0 Å². The van der Waals surface area contributed by atoms with E-state index in [2.05, 4.69) is 4.74 Å². The van der Waals surface area contributed by atoms with Crippen molar-refractivity contribution < 1.29 is 14.3 Å². The van der Waals surface area contributed by atoms with Crippen LogP contribution in [-0.4, -0.2) is 37.5 Å². The molecule has 0 heterocycles. The van der Waals surface area contributed by atoms with E-state index in [1.165, 1.54) is 11.9 Å². The van der Waals surface area contributed by atoms with Crippen molar-refractivity contribution in [2.24, 2.45) is 0 Å². The van der Waals surface area contributed by atoms with Crippen molar-refractivity contribution >= 4 is 12.4 Å². The summed E-state index contributed by atoms with van der Waals surface area (Å²) in [5.74, 6) is -0.378. The van der Waals surface area contributed by atoms with Crippen LogP contribution in [0.15, 0.2) is 0 Å². The van der Waals surface area contributed by atoms with E-state index in [0.717, 1.165) is 0 Å². The zero-order chi connectivity index (χ0) is 7.98. The van der Waals surface area contributed by atoms with E-state index in [4.69, 9.17) is 0 Å². The van der Waals surface area contributed by atoms with Crippen LogP contribution in [0.5, 0.6) is 0 Å². The third-order valence-corrected chi connectivity index (χ3v) is 0.864. The van der Waals surface area contributed by atoms with Crippen molar-refractivity contribution in [2.75, 3.05) is 20.2 Å². The summed E-state index contributed by atoms with van der Waals surface area (Å²) >= 11 is 0. The minimum atomic E-state index is -0.378. The smallest absolute Gasteiger partial charge is 0.325 e. The molecule has 0 aliphatic rings. The van der Waals surface area contributed by atoms with Crippen molar-refractivity contribution in [3.05, 3.63) is 0 Å². The van der Waals surface area contributed by atoms with E-state index in [0.29, 0.717) is 13.0 Å². The highest BCUT2D eigenvalue weighted by Gasteiger charge is 2.02. The number of nitrogens with zero attached hydrogens (tertiary/aromatic N) is 1. The van der Waals surface area contributed by atoms with Crippen LogP contribution < -0.4 is 0 Å². The van der Waals surface area contributed by atoms with Gasteiger partial charge in [0.1, 0.15) is 6.54 Å². The van der Waals surface area contributed by atoms with Crippen LogP contribution in [0.3, 0.4) is 0 Å². The van der Waals surface area contributed by atoms with Crippen LogP contribution in [-0.2, 0) is 14.3 Å². The Hall–Kier alpha value is -1.06. The summed E-state index contributed by atoms with van der Waals surface area (Å²) in [6.07, 6.45) is 0.580. The lowest BCUT2D eigenvalue weighted by Crippen LogP contribution is -2.25. The lowest BCUT2D eigenvalue weighted by atomic mass is 10.6. The van der Waals surface area contributed by atoms with Crippen molar-refractivity contribution in [1.29, 1.82) is 0 Å². The summed E-state index contributed by atoms with van der Waals surface area (Å²) in [5.41, 5.74) is 0. The van der Waals surface area contributed by atoms with E-state index >= 15 is 0 Å². The van der Waals surface area contributed by atoms with Crippen molar-refractivity contribution in [2.45, 2.75) is 6.92 Å². The van der Waals surface area contributed by atoms with Crippen molar-refractivity contribution in [3.63, 3.8) is 0 Å². The van der Waals surface area contributed by atoms with E-state index in [-0.39, 0.29) is 12.5 Å². The van der Waals surface area contributed by atoms with Gasteiger partial charge in [-0.1, -0.05) is 0 Å². The maximum absolute atomic E-state index is 10.6. The molecule has 0 aliphatic carbocycles. The quantitative estimate of drug-likeness (QED) is 0.401. The molecule has 4 heteroatoms. The topological polar surface area (TPSA) is 46.6 Å². The molecule has 0 aromatic heterocycles. The number of amides is 1. The molecular formula is C6H11NO3. The number of carbonyl (C=O) groups excluding carboxylic acids is 2. The highest BCUT2D eigenvalue weighted by molar-refractivity contribution is 5.73. The van der Waals surface area contributed by atoms with E-state index < -0.39 is 0 Å². The normalized spacial score (nSPS) is 8.60. The molecule has 0 atom stereocenters. The van der Waals surface area contributed by atoms with Gasteiger partial charge in [-0.05, 0) is 6.92 Å². The van der Waals surface area contributed by atoms with Gasteiger partial charge in [-0.15, -0.1) is 0 Å². The molecule has 10 heavy (non-hydrogen) atoms. The first-order chi connectivity index (χ1) is 4.70. The molecule has 0 aliphatic heterocycles. The summed E-state index contributed by atoms with van der Waals surface area (Å²) in [6.45, 7) is 2.10.